The topological polar surface area (TPSA) is 133 Å². The van der Waals surface area contributed by atoms with Gasteiger partial charge in [-0.3, -0.25) is 14.4 Å². The molecule has 4 N–H and O–H groups in total. The zero-order valence-electron chi connectivity index (χ0n) is 15.5. The van der Waals surface area contributed by atoms with Crippen LogP contribution in [0.2, 0.25) is 0 Å². The van der Waals surface area contributed by atoms with Gasteiger partial charge in [-0.25, -0.2) is 4.79 Å². The monoisotopic (exact) mass is 416 g/mol. The molecule has 2 aromatic carbocycles. The summed E-state index contributed by atoms with van der Waals surface area (Å²) in [6.07, 6.45) is -0.364. The van der Waals surface area contributed by atoms with Crippen molar-refractivity contribution in [3.63, 3.8) is 0 Å². The quantitative estimate of drug-likeness (QED) is 0.461. The Labute approximate surface area is 171 Å². The molecule has 0 aromatic heterocycles. The average Bonchev–Trinajstić information content (AvgIpc) is 2.67. The third-order valence-corrected chi connectivity index (χ3v) is 4.86. The Morgan fingerprint density at radius 3 is 2.24 bits per heavy atom. The molecule has 0 aliphatic heterocycles. The standard InChI is InChI=1S/C20H20N2O6S/c1-12(19(26)22-14-7-5-13(6-8-14)20(27)28)29-16-4-2-3-15(11-16)21-17(23)9-10-18(24)25/h2-8,11-12H,9-10H2,1H3,(H,21,23)(H,22,26)(H,24,25)(H,27,28). The summed E-state index contributed by atoms with van der Waals surface area (Å²) in [5.74, 6) is -2.73. The maximum absolute atomic E-state index is 12.4. The number of carboxylic acid groups (broad SMARTS) is 2. The SMILES string of the molecule is CC(Sc1cccc(NC(=O)CCC(=O)O)c1)C(=O)Nc1ccc(C(=O)O)cc1. The summed E-state index contributed by atoms with van der Waals surface area (Å²) in [5, 5.41) is 22.4. The molecule has 0 aliphatic rings. The highest BCUT2D eigenvalue weighted by molar-refractivity contribution is 8.00. The minimum Gasteiger partial charge on any atom is -0.481 e. The Morgan fingerprint density at radius 2 is 1.62 bits per heavy atom. The average molecular weight is 416 g/mol. The summed E-state index contributed by atoms with van der Waals surface area (Å²) < 4.78 is 0. The number of carboxylic acids is 2. The van der Waals surface area contributed by atoms with Gasteiger partial charge in [0.1, 0.15) is 0 Å². The second-order valence-electron chi connectivity index (χ2n) is 6.10. The maximum Gasteiger partial charge on any atom is 0.335 e. The van der Waals surface area contributed by atoms with Gasteiger partial charge in [-0.05, 0) is 49.4 Å². The van der Waals surface area contributed by atoms with E-state index in [-0.39, 0.29) is 24.3 Å². The van der Waals surface area contributed by atoms with Crippen molar-refractivity contribution in [2.75, 3.05) is 10.6 Å². The molecule has 0 heterocycles. The molecule has 8 nitrogen and oxygen atoms in total. The summed E-state index contributed by atoms with van der Waals surface area (Å²) in [5.41, 5.74) is 1.14. The Balaban J connectivity index is 1.93. The first kappa shape index (κ1) is 22.0. The van der Waals surface area contributed by atoms with Crippen LogP contribution in [0.4, 0.5) is 11.4 Å². The largest absolute Gasteiger partial charge is 0.481 e. The number of hydrogen-bond acceptors (Lipinski definition) is 5. The van der Waals surface area contributed by atoms with Gasteiger partial charge >= 0.3 is 11.9 Å². The predicted octanol–water partition coefficient (Wildman–Crippen LogP) is 3.31. The fourth-order valence-electron chi connectivity index (χ4n) is 2.29. The number of aliphatic carboxylic acids is 1. The number of nitrogens with one attached hydrogen (secondary N) is 2. The third kappa shape index (κ3) is 7.30. The number of aromatic carboxylic acids is 1. The van der Waals surface area contributed by atoms with Gasteiger partial charge in [0.05, 0.1) is 17.2 Å². The molecule has 2 aromatic rings. The molecule has 0 bridgehead atoms. The van der Waals surface area contributed by atoms with Gasteiger partial charge < -0.3 is 20.8 Å². The maximum atomic E-state index is 12.4. The number of hydrogen-bond donors (Lipinski definition) is 4. The van der Waals surface area contributed by atoms with Crippen LogP contribution in [0.3, 0.4) is 0 Å². The van der Waals surface area contributed by atoms with Crippen LogP contribution in [0.15, 0.2) is 53.4 Å². The molecule has 1 unspecified atom stereocenters. The van der Waals surface area contributed by atoms with Crippen LogP contribution in [0, 0.1) is 0 Å². The number of amides is 2. The molecule has 0 spiro atoms. The highest BCUT2D eigenvalue weighted by Crippen LogP contribution is 2.26. The third-order valence-electron chi connectivity index (χ3n) is 3.77. The summed E-state index contributed by atoms with van der Waals surface area (Å²) in [6.45, 7) is 1.73. The molecule has 0 aliphatic carbocycles. The fourth-order valence-corrected chi connectivity index (χ4v) is 3.22. The van der Waals surface area contributed by atoms with Gasteiger partial charge in [0.2, 0.25) is 11.8 Å². The molecule has 2 rings (SSSR count). The van der Waals surface area contributed by atoms with Crippen LogP contribution >= 0.6 is 11.8 Å². The normalized spacial score (nSPS) is 11.3. The lowest BCUT2D eigenvalue weighted by molar-refractivity contribution is -0.138. The zero-order chi connectivity index (χ0) is 21.4. The molecule has 1 atom stereocenters. The molecule has 0 saturated carbocycles. The number of benzene rings is 2. The number of rotatable bonds is 9. The Bertz CT molecular complexity index is 913. The minimum atomic E-state index is -1.04. The van der Waals surface area contributed by atoms with Crippen molar-refractivity contribution >= 4 is 46.9 Å². The van der Waals surface area contributed by atoms with Gasteiger partial charge in [0.25, 0.3) is 0 Å². The number of carbonyl (C=O) groups is 4. The lowest BCUT2D eigenvalue weighted by Gasteiger charge is -2.13. The van der Waals surface area contributed by atoms with Crippen LogP contribution in [-0.4, -0.2) is 39.2 Å². The van der Waals surface area contributed by atoms with E-state index >= 15 is 0 Å². The van der Waals surface area contributed by atoms with E-state index in [4.69, 9.17) is 10.2 Å². The number of thioether (sulfide) groups is 1. The summed E-state index contributed by atoms with van der Waals surface area (Å²) >= 11 is 1.29. The first-order valence-electron chi connectivity index (χ1n) is 8.67. The van der Waals surface area contributed by atoms with Gasteiger partial charge in [-0.2, -0.15) is 0 Å². The van der Waals surface area contributed by atoms with E-state index in [1.165, 1.54) is 36.0 Å². The molecule has 0 radical (unpaired) electrons. The molecule has 9 heteroatoms. The minimum absolute atomic E-state index is 0.119. The molecular formula is C20H20N2O6S. The van der Waals surface area contributed by atoms with Crippen LogP contribution < -0.4 is 10.6 Å². The van der Waals surface area contributed by atoms with Crippen molar-refractivity contribution in [2.45, 2.75) is 29.9 Å². The van der Waals surface area contributed by atoms with Gasteiger partial charge in [-0.15, -0.1) is 11.8 Å². The second-order valence-corrected chi connectivity index (χ2v) is 7.52. The van der Waals surface area contributed by atoms with E-state index in [0.717, 1.165) is 4.90 Å². The van der Waals surface area contributed by atoms with Crippen LogP contribution in [0.1, 0.15) is 30.1 Å². The second kappa shape index (κ2) is 10.3. The van der Waals surface area contributed by atoms with Gasteiger partial charge in [0, 0.05) is 22.7 Å². The molecule has 0 saturated heterocycles. The summed E-state index contributed by atoms with van der Waals surface area (Å²) in [4.78, 5) is 46.3. The van der Waals surface area contributed by atoms with E-state index in [2.05, 4.69) is 10.6 Å². The first-order chi connectivity index (χ1) is 13.7. The first-order valence-corrected chi connectivity index (χ1v) is 9.55. The van der Waals surface area contributed by atoms with Gasteiger partial charge in [0.15, 0.2) is 0 Å². The van der Waals surface area contributed by atoms with Crippen molar-refractivity contribution in [1.82, 2.24) is 0 Å². The predicted molar refractivity (Wildman–Crippen MR) is 109 cm³/mol. The smallest absolute Gasteiger partial charge is 0.335 e. The van der Waals surface area contributed by atoms with Gasteiger partial charge in [-0.1, -0.05) is 6.07 Å². The van der Waals surface area contributed by atoms with Crippen LogP contribution in [0.25, 0.3) is 0 Å². The molecule has 29 heavy (non-hydrogen) atoms. The van der Waals surface area contributed by atoms with Crippen molar-refractivity contribution in [2.24, 2.45) is 0 Å². The van der Waals surface area contributed by atoms with E-state index in [1.807, 2.05) is 0 Å². The Hall–Kier alpha value is -3.33. The van der Waals surface area contributed by atoms with Crippen LogP contribution in [-0.2, 0) is 14.4 Å². The van der Waals surface area contributed by atoms with E-state index in [9.17, 15) is 19.2 Å². The van der Waals surface area contributed by atoms with Crippen molar-refractivity contribution < 1.29 is 29.4 Å². The lowest BCUT2D eigenvalue weighted by Crippen LogP contribution is -2.22. The highest BCUT2D eigenvalue weighted by atomic mass is 32.2. The number of carbonyl (C=O) groups excluding carboxylic acids is 2. The Kier molecular flexibility index (Phi) is 7.79. The number of anilines is 2. The van der Waals surface area contributed by atoms with Crippen molar-refractivity contribution in [1.29, 1.82) is 0 Å². The van der Waals surface area contributed by atoms with E-state index in [0.29, 0.717) is 11.4 Å². The lowest BCUT2D eigenvalue weighted by atomic mass is 10.2. The fraction of sp³-hybridized carbons (Fsp3) is 0.200. The Morgan fingerprint density at radius 1 is 0.931 bits per heavy atom. The van der Waals surface area contributed by atoms with E-state index in [1.54, 1.807) is 31.2 Å². The van der Waals surface area contributed by atoms with Crippen molar-refractivity contribution in [3.8, 4) is 0 Å². The van der Waals surface area contributed by atoms with Crippen molar-refractivity contribution in [3.05, 3.63) is 54.1 Å². The van der Waals surface area contributed by atoms with Crippen LogP contribution in [0.5, 0.6) is 0 Å². The summed E-state index contributed by atoms with van der Waals surface area (Å²) in [6, 6.07) is 12.8. The zero-order valence-corrected chi connectivity index (χ0v) is 16.4. The summed E-state index contributed by atoms with van der Waals surface area (Å²) in [7, 11) is 0. The molecule has 152 valence electrons. The molecule has 0 fully saturated rings. The molecular weight excluding hydrogens is 396 g/mol. The molecule has 2 amide bonds. The van der Waals surface area contributed by atoms with E-state index < -0.39 is 23.1 Å². The highest BCUT2D eigenvalue weighted by Gasteiger charge is 2.15.